The van der Waals surface area contributed by atoms with Crippen LogP contribution in [0.1, 0.15) is 38.7 Å². The highest BCUT2D eigenvalue weighted by Crippen LogP contribution is 2.19. The summed E-state index contributed by atoms with van der Waals surface area (Å²) >= 11 is 0. The van der Waals surface area contributed by atoms with Gasteiger partial charge in [-0.2, -0.15) is 0 Å². The molecule has 0 radical (unpaired) electrons. The van der Waals surface area contributed by atoms with E-state index in [1.54, 1.807) is 12.1 Å². The number of esters is 1. The summed E-state index contributed by atoms with van der Waals surface area (Å²) in [4.78, 5) is 29.3. The van der Waals surface area contributed by atoms with E-state index in [0.29, 0.717) is 26.4 Å². The maximum absolute atomic E-state index is 12.0. The van der Waals surface area contributed by atoms with E-state index in [4.69, 9.17) is 14.5 Å². The Morgan fingerprint density at radius 2 is 1.90 bits per heavy atom. The lowest BCUT2D eigenvalue weighted by Crippen LogP contribution is -2.47. The summed E-state index contributed by atoms with van der Waals surface area (Å²) in [5.41, 5.74) is 0.966. The molecule has 2 rings (SSSR count). The molecule has 0 aliphatic carbocycles. The predicted octanol–water partition coefficient (Wildman–Crippen LogP) is 3.36. The fraction of sp³-hybridized carbons (Fsp3) is 0.619. The standard InChI is InChI=1S/C21H32N4O5.HI/c1-3-29-15-5-12-22-21(23-16-17-6-8-19(9-7-17)25(27)28)24-13-10-18(11-14-24)20(26)30-4-2;/h6-9,18H,3-5,10-16H2,1-2H3,(H,22,23);1H. The van der Waals surface area contributed by atoms with Gasteiger partial charge in [-0.1, -0.05) is 12.1 Å². The third-order valence-corrected chi connectivity index (χ3v) is 4.93. The minimum Gasteiger partial charge on any atom is -0.466 e. The number of rotatable bonds is 10. The maximum Gasteiger partial charge on any atom is 0.309 e. The molecule has 1 aromatic rings. The van der Waals surface area contributed by atoms with Crippen molar-refractivity contribution in [2.75, 3.05) is 39.5 Å². The molecule has 31 heavy (non-hydrogen) atoms. The summed E-state index contributed by atoms with van der Waals surface area (Å²) in [7, 11) is 0. The molecule has 0 unspecified atom stereocenters. The zero-order chi connectivity index (χ0) is 21.8. The Morgan fingerprint density at radius 3 is 2.48 bits per heavy atom. The number of halogens is 1. The number of likely N-dealkylation sites (tertiary alicyclic amines) is 1. The third-order valence-electron chi connectivity index (χ3n) is 4.93. The fourth-order valence-corrected chi connectivity index (χ4v) is 3.26. The van der Waals surface area contributed by atoms with Gasteiger partial charge in [0.25, 0.3) is 5.69 Å². The number of non-ortho nitro benzene ring substituents is 1. The van der Waals surface area contributed by atoms with Crippen LogP contribution in [0.5, 0.6) is 0 Å². The van der Waals surface area contributed by atoms with Crippen molar-refractivity contribution in [2.24, 2.45) is 10.9 Å². The molecule has 0 spiro atoms. The van der Waals surface area contributed by atoms with E-state index in [1.165, 1.54) is 12.1 Å². The molecule has 10 heteroatoms. The van der Waals surface area contributed by atoms with Crippen LogP contribution >= 0.6 is 24.0 Å². The number of nitro groups is 1. The van der Waals surface area contributed by atoms with Crippen molar-refractivity contribution in [3.8, 4) is 0 Å². The number of aliphatic imine (C=N–C) groups is 1. The molecule has 0 bridgehead atoms. The highest BCUT2D eigenvalue weighted by Gasteiger charge is 2.27. The number of carbonyl (C=O) groups excluding carboxylic acids is 1. The summed E-state index contributed by atoms with van der Waals surface area (Å²) < 4.78 is 10.5. The zero-order valence-corrected chi connectivity index (χ0v) is 20.6. The van der Waals surface area contributed by atoms with Crippen LogP contribution in [0.15, 0.2) is 29.3 Å². The average molecular weight is 548 g/mol. The van der Waals surface area contributed by atoms with Crippen LogP contribution in [0, 0.1) is 16.0 Å². The number of guanidine groups is 1. The predicted molar refractivity (Wildman–Crippen MR) is 130 cm³/mol. The van der Waals surface area contributed by atoms with Gasteiger partial charge in [0, 0.05) is 45.0 Å². The second kappa shape index (κ2) is 15.0. The van der Waals surface area contributed by atoms with Gasteiger partial charge in [0.15, 0.2) is 5.96 Å². The second-order valence-corrected chi connectivity index (χ2v) is 7.05. The normalized spacial score (nSPS) is 14.6. The molecule has 1 N–H and O–H groups in total. The Morgan fingerprint density at radius 1 is 1.23 bits per heavy atom. The second-order valence-electron chi connectivity index (χ2n) is 7.05. The van der Waals surface area contributed by atoms with Gasteiger partial charge in [-0.15, -0.1) is 24.0 Å². The number of piperidine rings is 1. The van der Waals surface area contributed by atoms with Crippen LogP contribution in [0.2, 0.25) is 0 Å². The smallest absolute Gasteiger partial charge is 0.309 e. The number of nitrogens with zero attached hydrogens (tertiary/aromatic N) is 3. The highest BCUT2D eigenvalue weighted by molar-refractivity contribution is 14.0. The Bertz CT molecular complexity index is 706. The molecule has 1 aliphatic rings. The first-order valence-electron chi connectivity index (χ1n) is 10.6. The van der Waals surface area contributed by atoms with E-state index in [1.807, 2.05) is 13.8 Å². The summed E-state index contributed by atoms with van der Waals surface area (Å²) in [5.74, 6) is 0.605. The van der Waals surface area contributed by atoms with Gasteiger partial charge in [-0.25, -0.2) is 4.99 Å². The first-order valence-corrected chi connectivity index (χ1v) is 10.6. The van der Waals surface area contributed by atoms with Gasteiger partial charge in [0.05, 0.1) is 24.0 Å². The third kappa shape index (κ3) is 9.38. The molecular weight excluding hydrogens is 515 g/mol. The van der Waals surface area contributed by atoms with Gasteiger partial charge < -0.3 is 19.7 Å². The van der Waals surface area contributed by atoms with E-state index in [0.717, 1.165) is 50.4 Å². The lowest BCUT2D eigenvalue weighted by Gasteiger charge is -2.33. The summed E-state index contributed by atoms with van der Waals surface area (Å²) in [6.45, 7) is 8.18. The molecule has 1 aromatic carbocycles. The number of hydrogen-bond acceptors (Lipinski definition) is 6. The highest BCUT2D eigenvalue weighted by atomic mass is 127. The summed E-state index contributed by atoms with van der Waals surface area (Å²) in [5, 5.41) is 14.2. The first-order chi connectivity index (χ1) is 14.5. The SMILES string of the molecule is CCOCCCNC(=NCc1ccc([N+](=O)[O-])cc1)N1CCC(C(=O)OCC)CC1.I. The van der Waals surface area contributed by atoms with Crippen molar-refractivity contribution in [1.82, 2.24) is 10.2 Å². The van der Waals surface area contributed by atoms with Crippen LogP contribution in [-0.2, 0) is 20.8 Å². The van der Waals surface area contributed by atoms with Crippen molar-refractivity contribution >= 4 is 41.6 Å². The molecule has 1 aliphatic heterocycles. The Hall–Kier alpha value is -1.95. The van der Waals surface area contributed by atoms with E-state index in [2.05, 4.69) is 10.2 Å². The van der Waals surface area contributed by atoms with Gasteiger partial charge in [0.1, 0.15) is 0 Å². The zero-order valence-electron chi connectivity index (χ0n) is 18.2. The van der Waals surface area contributed by atoms with Gasteiger partial charge in [-0.05, 0) is 38.7 Å². The van der Waals surface area contributed by atoms with E-state index in [9.17, 15) is 14.9 Å². The van der Waals surface area contributed by atoms with Crippen LogP contribution < -0.4 is 5.32 Å². The number of nitro benzene ring substituents is 1. The van der Waals surface area contributed by atoms with Crippen molar-refractivity contribution in [2.45, 2.75) is 39.7 Å². The van der Waals surface area contributed by atoms with Crippen molar-refractivity contribution in [3.05, 3.63) is 39.9 Å². The van der Waals surface area contributed by atoms with Crippen LogP contribution in [0.25, 0.3) is 0 Å². The van der Waals surface area contributed by atoms with Gasteiger partial charge in [0.2, 0.25) is 0 Å². The van der Waals surface area contributed by atoms with E-state index < -0.39 is 4.92 Å². The molecule has 0 amide bonds. The Balaban J connectivity index is 0.00000480. The number of benzene rings is 1. The lowest BCUT2D eigenvalue weighted by atomic mass is 9.97. The fourth-order valence-electron chi connectivity index (χ4n) is 3.26. The van der Waals surface area contributed by atoms with Crippen LogP contribution in [0.4, 0.5) is 5.69 Å². The van der Waals surface area contributed by atoms with Crippen molar-refractivity contribution in [1.29, 1.82) is 0 Å². The first kappa shape index (κ1) is 27.1. The van der Waals surface area contributed by atoms with Gasteiger partial charge in [-0.3, -0.25) is 14.9 Å². The maximum atomic E-state index is 12.0. The Kier molecular flexibility index (Phi) is 13.1. The van der Waals surface area contributed by atoms with Crippen molar-refractivity contribution in [3.63, 3.8) is 0 Å². The molecular formula is C21H33IN4O5. The van der Waals surface area contributed by atoms with E-state index >= 15 is 0 Å². The van der Waals surface area contributed by atoms with Crippen LogP contribution in [-0.4, -0.2) is 61.2 Å². The molecule has 0 aromatic heterocycles. The minimum absolute atomic E-state index is 0. The summed E-state index contributed by atoms with van der Waals surface area (Å²) in [6, 6.07) is 6.43. The number of hydrogen-bond donors (Lipinski definition) is 1. The number of carbonyl (C=O) groups is 1. The molecule has 9 nitrogen and oxygen atoms in total. The average Bonchev–Trinajstić information content (AvgIpc) is 2.76. The monoisotopic (exact) mass is 548 g/mol. The van der Waals surface area contributed by atoms with E-state index in [-0.39, 0.29) is 41.6 Å². The molecule has 0 atom stereocenters. The topological polar surface area (TPSA) is 106 Å². The largest absolute Gasteiger partial charge is 0.466 e. The quantitative estimate of drug-likeness (QED) is 0.0909. The molecule has 1 heterocycles. The summed E-state index contributed by atoms with van der Waals surface area (Å²) in [6.07, 6.45) is 2.33. The van der Waals surface area contributed by atoms with Crippen molar-refractivity contribution < 1.29 is 19.2 Å². The minimum atomic E-state index is -0.411. The van der Waals surface area contributed by atoms with Gasteiger partial charge >= 0.3 is 5.97 Å². The Labute approximate surface area is 200 Å². The van der Waals surface area contributed by atoms with Crippen LogP contribution in [0.3, 0.4) is 0 Å². The number of nitrogens with one attached hydrogen (secondary N) is 1. The lowest BCUT2D eigenvalue weighted by molar-refractivity contribution is -0.384. The number of ether oxygens (including phenoxy) is 2. The molecule has 1 fully saturated rings. The molecule has 174 valence electrons. The molecule has 0 saturated carbocycles. The molecule has 1 saturated heterocycles.